The maximum atomic E-state index is 13.9. The highest BCUT2D eigenvalue weighted by Crippen LogP contribution is 2.44. The summed E-state index contributed by atoms with van der Waals surface area (Å²) in [6, 6.07) is 20.4. The quantitative estimate of drug-likeness (QED) is 0.0634. The number of nitrogens with one attached hydrogen (secondary N) is 2. The first-order valence-electron chi connectivity index (χ1n) is 13.1. The molecule has 4 rings (SSSR count). The molecule has 0 spiro atoms. The predicted octanol–water partition coefficient (Wildman–Crippen LogP) is 5.05. The zero-order chi connectivity index (χ0) is 29.1. The van der Waals surface area contributed by atoms with Crippen molar-refractivity contribution in [3.05, 3.63) is 124 Å². The van der Waals surface area contributed by atoms with E-state index in [0.717, 1.165) is 0 Å². The Balaban J connectivity index is 1.68. The summed E-state index contributed by atoms with van der Waals surface area (Å²) in [6.07, 6.45) is 1.37. The topological polar surface area (TPSA) is 141 Å². The molecule has 41 heavy (non-hydrogen) atoms. The molecule has 1 heterocycles. The molecule has 0 bridgehead atoms. The number of hydrogen-bond donors (Lipinski definition) is 3. The van der Waals surface area contributed by atoms with Crippen molar-refractivity contribution in [3.8, 4) is 5.75 Å². The second kappa shape index (κ2) is 14.1. The number of rotatable bonds is 14. The standard InChI is InChI=1S/C30H31FN6O4/c1-2-15-30(29(39)36-33-19-21-7-5-9-24(31)18-21)27(26-10-4-3-8-23(26)20-34-37-32)41-28(35-30)22-11-13-25(14-12-22)40-17-6-16-38/h2-5,7-14,18,27,33,38H,1,6,15-17,19-20H2,(H,36,39)/t27-,30-/m0/s1. The van der Waals surface area contributed by atoms with Crippen LogP contribution < -0.4 is 15.6 Å². The van der Waals surface area contributed by atoms with Crippen molar-refractivity contribution in [1.29, 1.82) is 0 Å². The van der Waals surface area contributed by atoms with Gasteiger partial charge in [-0.25, -0.2) is 14.8 Å². The number of ether oxygens (including phenoxy) is 2. The SMILES string of the molecule is C=CC[C@]1(C(=O)NNCc2cccc(F)c2)N=C(c2ccc(OCCCO)cc2)O[C@H]1c1ccccc1CN=[N+]=[N-]. The van der Waals surface area contributed by atoms with Gasteiger partial charge >= 0.3 is 0 Å². The highest BCUT2D eigenvalue weighted by atomic mass is 19.1. The predicted molar refractivity (Wildman–Crippen MR) is 152 cm³/mol. The number of amides is 1. The smallest absolute Gasteiger partial charge is 0.266 e. The van der Waals surface area contributed by atoms with Crippen LogP contribution in [0.2, 0.25) is 0 Å². The summed E-state index contributed by atoms with van der Waals surface area (Å²) in [6.45, 7) is 4.52. The van der Waals surface area contributed by atoms with Gasteiger partial charge in [-0.3, -0.25) is 10.2 Å². The third-order valence-electron chi connectivity index (χ3n) is 6.51. The number of aliphatic hydroxyl groups excluding tert-OH is 1. The lowest BCUT2D eigenvalue weighted by molar-refractivity contribution is -0.129. The van der Waals surface area contributed by atoms with Crippen molar-refractivity contribution in [2.45, 2.75) is 37.6 Å². The van der Waals surface area contributed by atoms with E-state index < -0.39 is 17.6 Å². The average molecular weight is 559 g/mol. The van der Waals surface area contributed by atoms with Crippen LogP contribution in [0, 0.1) is 5.82 Å². The molecular formula is C30H31FN6O4. The number of azide groups is 1. The molecule has 2 atom stereocenters. The number of nitrogens with zero attached hydrogens (tertiary/aromatic N) is 4. The molecule has 0 saturated carbocycles. The second-order valence-corrected chi connectivity index (χ2v) is 9.31. The summed E-state index contributed by atoms with van der Waals surface area (Å²) in [5, 5.41) is 12.7. The number of hydrogen-bond acceptors (Lipinski definition) is 7. The summed E-state index contributed by atoms with van der Waals surface area (Å²) in [5.41, 5.74) is 15.7. The lowest BCUT2D eigenvalue weighted by atomic mass is 9.83. The first-order valence-corrected chi connectivity index (χ1v) is 13.1. The van der Waals surface area contributed by atoms with E-state index in [0.29, 0.717) is 41.0 Å². The van der Waals surface area contributed by atoms with Crippen LogP contribution in [-0.4, -0.2) is 35.7 Å². The Morgan fingerprint density at radius 2 is 2.02 bits per heavy atom. The fourth-order valence-corrected chi connectivity index (χ4v) is 4.54. The Labute approximate surface area is 237 Å². The monoisotopic (exact) mass is 558 g/mol. The molecule has 3 N–H and O–H groups in total. The molecule has 3 aromatic carbocycles. The van der Waals surface area contributed by atoms with E-state index >= 15 is 0 Å². The first kappa shape index (κ1) is 29.3. The molecule has 0 aromatic heterocycles. The summed E-state index contributed by atoms with van der Waals surface area (Å²) < 4.78 is 25.7. The highest BCUT2D eigenvalue weighted by molar-refractivity contribution is 6.01. The molecule has 10 nitrogen and oxygen atoms in total. The lowest BCUT2D eigenvalue weighted by Gasteiger charge is -2.30. The van der Waals surface area contributed by atoms with Gasteiger partial charge in [0.2, 0.25) is 5.90 Å². The molecule has 1 amide bonds. The van der Waals surface area contributed by atoms with Gasteiger partial charge in [-0.1, -0.05) is 47.6 Å². The van der Waals surface area contributed by atoms with Crippen LogP contribution in [-0.2, 0) is 22.6 Å². The van der Waals surface area contributed by atoms with Gasteiger partial charge in [-0.15, -0.1) is 6.58 Å². The minimum Gasteiger partial charge on any atom is -0.494 e. The van der Waals surface area contributed by atoms with Gasteiger partial charge in [0.15, 0.2) is 11.6 Å². The number of aliphatic imine (C=N–C) groups is 1. The number of benzene rings is 3. The third kappa shape index (κ3) is 7.09. The van der Waals surface area contributed by atoms with E-state index in [1.165, 1.54) is 12.1 Å². The van der Waals surface area contributed by atoms with E-state index in [2.05, 4.69) is 27.5 Å². The Morgan fingerprint density at radius 3 is 2.76 bits per heavy atom. The number of carbonyl (C=O) groups is 1. The zero-order valence-corrected chi connectivity index (χ0v) is 22.4. The molecular weight excluding hydrogens is 527 g/mol. The van der Waals surface area contributed by atoms with Gasteiger partial charge in [0.25, 0.3) is 5.91 Å². The second-order valence-electron chi connectivity index (χ2n) is 9.31. The number of carbonyl (C=O) groups excluding carboxylic acids is 1. The summed E-state index contributed by atoms with van der Waals surface area (Å²) in [7, 11) is 0. The van der Waals surface area contributed by atoms with Crippen LogP contribution >= 0.6 is 0 Å². The van der Waals surface area contributed by atoms with Gasteiger partial charge in [0, 0.05) is 36.5 Å². The number of hydrazine groups is 1. The van der Waals surface area contributed by atoms with Crippen molar-refractivity contribution >= 4 is 11.8 Å². The normalized spacial score (nSPS) is 17.6. The Hall–Kier alpha value is -4.70. The molecule has 1 aliphatic rings. The van der Waals surface area contributed by atoms with Crippen molar-refractivity contribution < 1.29 is 23.8 Å². The van der Waals surface area contributed by atoms with Gasteiger partial charge in [0.05, 0.1) is 13.2 Å². The highest BCUT2D eigenvalue weighted by Gasteiger charge is 2.53. The molecule has 1 aliphatic heterocycles. The molecule has 0 unspecified atom stereocenters. The fourth-order valence-electron chi connectivity index (χ4n) is 4.54. The van der Waals surface area contributed by atoms with Crippen LogP contribution in [0.1, 0.15) is 41.2 Å². The van der Waals surface area contributed by atoms with Gasteiger partial charge in [-0.2, -0.15) is 0 Å². The number of aliphatic hydroxyl groups is 1. The largest absolute Gasteiger partial charge is 0.494 e. The zero-order valence-electron chi connectivity index (χ0n) is 22.4. The van der Waals surface area contributed by atoms with Crippen LogP contribution in [0.4, 0.5) is 4.39 Å². The number of halogens is 1. The maximum absolute atomic E-state index is 13.9. The minimum absolute atomic E-state index is 0.0375. The third-order valence-corrected chi connectivity index (χ3v) is 6.51. The first-order chi connectivity index (χ1) is 20.0. The Kier molecular flexibility index (Phi) is 10.1. The van der Waals surface area contributed by atoms with E-state index in [9.17, 15) is 9.18 Å². The molecule has 3 aromatic rings. The molecule has 11 heteroatoms. The van der Waals surface area contributed by atoms with Crippen molar-refractivity contribution in [1.82, 2.24) is 10.9 Å². The summed E-state index contributed by atoms with van der Waals surface area (Å²) >= 11 is 0. The minimum atomic E-state index is -1.46. The molecule has 0 aliphatic carbocycles. The van der Waals surface area contributed by atoms with E-state index in [4.69, 9.17) is 25.1 Å². The van der Waals surface area contributed by atoms with Crippen LogP contribution in [0.15, 0.2) is 95.6 Å². The Morgan fingerprint density at radius 1 is 1.22 bits per heavy atom. The molecule has 0 saturated heterocycles. The van der Waals surface area contributed by atoms with Crippen molar-refractivity contribution in [3.63, 3.8) is 0 Å². The molecule has 212 valence electrons. The lowest BCUT2D eigenvalue weighted by Crippen LogP contribution is -2.52. The molecule has 0 radical (unpaired) electrons. The van der Waals surface area contributed by atoms with Crippen molar-refractivity contribution in [2.75, 3.05) is 13.2 Å². The van der Waals surface area contributed by atoms with E-state index in [-0.39, 0.29) is 37.8 Å². The van der Waals surface area contributed by atoms with Crippen LogP contribution in [0.3, 0.4) is 0 Å². The summed E-state index contributed by atoms with van der Waals surface area (Å²) in [5.74, 6) is 0.0152. The average Bonchev–Trinajstić information content (AvgIpc) is 3.37. The van der Waals surface area contributed by atoms with Crippen LogP contribution in [0.5, 0.6) is 5.75 Å². The van der Waals surface area contributed by atoms with Crippen molar-refractivity contribution in [2.24, 2.45) is 10.1 Å². The maximum Gasteiger partial charge on any atom is 0.266 e. The van der Waals surface area contributed by atoms with E-state index in [1.807, 2.05) is 24.3 Å². The van der Waals surface area contributed by atoms with E-state index in [1.54, 1.807) is 42.5 Å². The van der Waals surface area contributed by atoms with Gasteiger partial charge in [-0.05, 0) is 58.6 Å². The summed E-state index contributed by atoms with van der Waals surface area (Å²) in [4.78, 5) is 21.6. The van der Waals surface area contributed by atoms with Crippen LogP contribution in [0.25, 0.3) is 10.4 Å². The molecule has 0 fully saturated rings. The van der Waals surface area contributed by atoms with Gasteiger partial charge in [0.1, 0.15) is 11.6 Å². The Bertz CT molecular complexity index is 1440. The fraction of sp³-hybridized carbons (Fsp3) is 0.267. The van der Waals surface area contributed by atoms with Gasteiger partial charge < -0.3 is 14.6 Å².